The van der Waals surface area contributed by atoms with Gasteiger partial charge in [-0.1, -0.05) is 61.5 Å². The predicted molar refractivity (Wildman–Crippen MR) is 162 cm³/mol. The number of unbranched alkanes of at least 4 members (excludes halogenated alkanes) is 1. The van der Waals surface area contributed by atoms with Crippen LogP contribution in [0.3, 0.4) is 0 Å². The molecule has 0 amide bonds. The van der Waals surface area contributed by atoms with E-state index in [2.05, 4.69) is 12.6 Å². The van der Waals surface area contributed by atoms with Gasteiger partial charge in [0.15, 0.2) is 9.84 Å². The number of ether oxygens (including phenoxy) is 3. The molecule has 0 saturated heterocycles. The Morgan fingerprint density at radius 3 is 2.51 bits per heavy atom. The van der Waals surface area contributed by atoms with E-state index in [9.17, 15) is 18.5 Å². The SMILES string of the molecule is C=CCOCC(CS(=O)(=O)CCCC)OC(=O)CSc1nc(-c2ccc(OC)cc2)cc(-c2ccccc2)c1C#N. The molecule has 0 aliphatic heterocycles. The molecule has 216 valence electrons. The number of methoxy groups -OCH3 is 1. The van der Waals surface area contributed by atoms with Crippen molar-refractivity contribution in [2.45, 2.75) is 30.9 Å². The second-order valence-electron chi connectivity index (χ2n) is 9.14. The third kappa shape index (κ3) is 9.74. The van der Waals surface area contributed by atoms with Gasteiger partial charge in [-0.3, -0.25) is 4.79 Å². The second-order valence-corrected chi connectivity index (χ2v) is 12.3. The lowest BCUT2D eigenvalue weighted by Crippen LogP contribution is -2.33. The van der Waals surface area contributed by atoms with E-state index < -0.39 is 21.9 Å². The van der Waals surface area contributed by atoms with Crippen molar-refractivity contribution in [3.63, 3.8) is 0 Å². The van der Waals surface area contributed by atoms with Gasteiger partial charge in [0.25, 0.3) is 0 Å². The number of carbonyl (C=O) groups excluding carboxylic acids is 1. The number of nitrogens with zero attached hydrogens (tertiary/aromatic N) is 2. The van der Waals surface area contributed by atoms with E-state index in [0.717, 1.165) is 29.3 Å². The Labute approximate surface area is 246 Å². The number of thioether (sulfide) groups is 1. The number of aromatic nitrogens is 1. The Hall–Kier alpha value is -3.65. The molecule has 2 aromatic carbocycles. The van der Waals surface area contributed by atoms with E-state index in [4.69, 9.17) is 19.2 Å². The minimum atomic E-state index is -3.44. The van der Waals surface area contributed by atoms with E-state index in [1.165, 1.54) is 6.08 Å². The highest BCUT2D eigenvalue weighted by atomic mass is 32.2. The fraction of sp³-hybridized carbons (Fsp3) is 0.323. The fourth-order valence-corrected chi connectivity index (χ4v) is 6.38. The van der Waals surface area contributed by atoms with Crippen LogP contribution in [0.25, 0.3) is 22.4 Å². The average Bonchev–Trinajstić information content (AvgIpc) is 2.99. The van der Waals surface area contributed by atoms with E-state index in [0.29, 0.717) is 34.0 Å². The summed E-state index contributed by atoms with van der Waals surface area (Å²) in [5, 5.41) is 10.5. The second kappa shape index (κ2) is 16.0. The standard InChI is InChI=1S/C31H34N2O6S2/c1-4-6-17-41(35,36)22-26(20-38-16-5-2)39-30(34)21-40-31-28(19-32)27(23-10-8-7-9-11-23)18-29(33-31)24-12-14-25(37-3)15-13-24/h5,7-15,18,26H,2,4,6,16-17,20-22H2,1,3H3. The Morgan fingerprint density at radius 1 is 1.15 bits per heavy atom. The first-order valence-electron chi connectivity index (χ1n) is 13.2. The summed E-state index contributed by atoms with van der Waals surface area (Å²) in [5.74, 6) is -0.410. The summed E-state index contributed by atoms with van der Waals surface area (Å²) in [7, 11) is -1.84. The number of rotatable bonds is 16. The number of nitriles is 1. The topological polar surface area (TPSA) is 116 Å². The minimum absolute atomic E-state index is 0.0175. The molecular weight excluding hydrogens is 560 g/mol. The molecule has 1 aromatic heterocycles. The number of hydrogen-bond donors (Lipinski definition) is 0. The van der Waals surface area contributed by atoms with Crippen LogP contribution in [-0.4, -0.2) is 63.1 Å². The van der Waals surface area contributed by atoms with Crippen LogP contribution in [-0.2, 0) is 24.1 Å². The first-order valence-corrected chi connectivity index (χ1v) is 16.0. The Balaban J connectivity index is 1.87. The summed E-state index contributed by atoms with van der Waals surface area (Å²) >= 11 is 1.07. The first kappa shape index (κ1) is 31.9. The highest BCUT2D eigenvalue weighted by molar-refractivity contribution is 8.00. The number of benzene rings is 2. The number of hydrogen-bond acceptors (Lipinski definition) is 9. The quantitative estimate of drug-likeness (QED) is 0.0889. The lowest BCUT2D eigenvalue weighted by atomic mass is 9.99. The molecular formula is C31H34N2O6S2. The third-order valence-corrected chi connectivity index (χ3v) is 8.72. The maximum absolute atomic E-state index is 12.9. The van der Waals surface area contributed by atoms with Crippen molar-refractivity contribution in [2.75, 3.05) is 37.6 Å². The number of esters is 1. The molecule has 0 aliphatic rings. The van der Waals surface area contributed by atoms with Crippen LogP contribution < -0.4 is 4.74 Å². The van der Waals surface area contributed by atoms with Crippen LogP contribution in [0, 0.1) is 11.3 Å². The zero-order valence-electron chi connectivity index (χ0n) is 23.2. The summed E-state index contributed by atoms with van der Waals surface area (Å²) < 4.78 is 41.3. The molecule has 0 bridgehead atoms. The van der Waals surface area contributed by atoms with Crippen molar-refractivity contribution in [1.82, 2.24) is 4.98 Å². The molecule has 0 N–H and O–H groups in total. The highest BCUT2D eigenvalue weighted by Gasteiger charge is 2.24. The van der Waals surface area contributed by atoms with Crippen molar-refractivity contribution in [2.24, 2.45) is 0 Å². The molecule has 0 saturated carbocycles. The van der Waals surface area contributed by atoms with Crippen LogP contribution in [0.4, 0.5) is 0 Å². The smallest absolute Gasteiger partial charge is 0.316 e. The van der Waals surface area contributed by atoms with E-state index >= 15 is 0 Å². The molecule has 1 atom stereocenters. The van der Waals surface area contributed by atoms with E-state index in [1.54, 1.807) is 7.11 Å². The van der Waals surface area contributed by atoms with Crippen molar-refractivity contribution in [1.29, 1.82) is 5.26 Å². The van der Waals surface area contributed by atoms with Crippen molar-refractivity contribution in [3.05, 3.63) is 78.9 Å². The molecule has 1 heterocycles. The first-order chi connectivity index (χ1) is 19.8. The van der Waals surface area contributed by atoms with Crippen LogP contribution >= 0.6 is 11.8 Å². The van der Waals surface area contributed by atoms with Crippen LogP contribution in [0.2, 0.25) is 0 Å². The molecule has 10 heteroatoms. The van der Waals surface area contributed by atoms with Gasteiger partial charge in [-0.2, -0.15) is 5.26 Å². The monoisotopic (exact) mass is 594 g/mol. The zero-order chi connectivity index (χ0) is 29.7. The van der Waals surface area contributed by atoms with E-state index in [1.807, 2.05) is 67.6 Å². The minimum Gasteiger partial charge on any atom is -0.497 e. The van der Waals surface area contributed by atoms with Gasteiger partial charge < -0.3 is 14.2 Å². The van der Waals surface area contributed by atoms with Crippen molar-refractivity contribution in [3.8, 4) is 34.2 Å². The molecule has 0 radical (unpaired) electrons. The van der Waals surface area contributed by atoms with Gasteiger partial charge >= 0.3 is 5.97 Å². The van der Waals surface area contributed by atoms with Crippen molar-refractivity contribution < 1.29 is 27.4 Å². The molecule has 1 unspecified atom stereocenters. The number of carbonyl (C=O) groups is 1. The maximum Gasteiger partial charge on any atom is 0.316 e. The van der Waals surface area contributed by atoms with Gasteiger partial charge in [-0.05, 0) is 42.3 Å². The molecule has 8 nitrogen and oxygen atoms in total. The molecule has 0 aliphatic carbocycles. The van der Waals surface area contributed by atoms with Crippen LogP contribution in [0.5, 0.6) is 5.75 Å². The maximum atomic E-state index is 12.9. The van der Waals surface area contributed by atoms with Crippen LogP contribution in [0.15, 0.2) is 78.3 Å². The number of pyridine rings is 1. The molecule has 3 rings (SSSR count). The van der Waals surface area contributed by atoms with Crippen molar-refractivity contribution >= 4 is 27.6 Å². The van der Waals surface area contributed by atoms with Crippen LogP contribution in [0.1, 0.15) is 25.3 Å². The summed E-state index contributed by atoms with van der Waals surface area (Å²) in [6.07, 6.45) is 1.85. The molecule has 3 aromatic rings. The fourth-order valence-electron chi connectivity index (χ4n) is 3.97. The largest absolute Gasteiger partial charge is 0.497 e. The Kier molecular flexibility index (Phi) is 12.4. The van der Waals surface area contributed by atoms with Gasteiger partial charge in [-0.15, -0.1) is 6.58 Å². The highest BCUT2D eigenvalue weighted by Crippen LogP contribution is 2.34. The van der Waals surface area contributed by atoms with Gasteiger partial charge in [0, 0.05) is 11.1 Å². The summed E-state index contributed by atoms with van der Waals surface area (Å²) in [4.78, 5) is 17.6. The summed E-state index contributed by atoms with van der Waals surface area (Å²) in [6.45, 7) is 5.63. The number of sulfone groups is 1. The molecule has 0 fully saturated rings. The predicted octanol–water partition coefficient (Wildman–Crippen LogP) is 5.72. The van der Waals surface area contributed by atoms with Gasteiger partial charge in [0.1, 0.15) is 22.9 Å². The lowest BCUT2D eigenvalue weighted by Gasteiger charge is -2.18. The Bertz CT molecular complexity index is 1450. The molecule has 41 heavy (non-hydrogen) atoms. The van der Waals surface area contributed by atoms with Gasteiger partial charge in [0.05, 0.1) is 48.8 Å². The molecule has 0 spiro atoms. The van der Waals surface area contributed by atoms with Gasteiger partial charge in [-0.25, -0.2) is 13.4 Å². The normalized spacial score (nSPS) is 11.8. The van der Waals surface area contributed by atoms with E-state index in [-0.39, 0.29) is 30.5 Å². The van der Waals surface area contributed by atoms with Gasteiger partial charge in [0.2, 0.25) is 0 Å². The average molecular weight is 595 g/mol. The third-order valence-electron chi connectivity index (χ3n) is 5.98. The lowest BCUT2D eigenvalue weighted by molar-refractivity contribution is -0.147. The zero-order valence-corrected chi connectivity index (χ0v) is 24.9. The Morgan fingerprint density at radius 2 is 1.88 bits per heavy atom. The summed E-state index contributed by atoms with van der Waals surface area (Å²) in [5.41, 5.74) is 3.29. The summed E-state index contributed by atoms with van der Waals surface area (Å²) in [6, 6.07) is 21.0.